The van der Waals surface area contributed by atoms with Crippen LogP contribution in [0.25, 0.3) is 22.5 Å². The number of imidazole rings is 2. The monoisotopic (exact) mass is 357 g/mol. The van der Waals surface area contributed by atoms with Crippen molar-refractivity contribution in [3.8, 4) is 22.5 Å². The zero-order valence-electron chi connectivity index (χ0n) is 15.7. The van der Waals surface area contributed by atoms with Crippen LogP contribution in [0, 0.1) is 0 Å². The summed E-state index contributed by atoms with van der Waals surface area (Å²) in [6.07, 6.45) is 11.5. The highest BCUT2D eigenvalue weighted by molar-refractivity contribution is 5.78. The van der Waals surface area contributed by atoms with Gasteiger partial charge in [0.1, 0.15) is 5.82 Å². The maximum absolute atomic E-state index is 4.81. The normalized spacial score (nSPS) is 12.2. The van der Waals surface area contributed by atoms with Gasteiger partial charge in [-0.1, -0.05) is 43.7 Å². The van der Waals surface area contributed by atoms with Crippen LogP contribution >= 0.6 is 0 Å². The second kappa shape index (κ2) is 7.58. The first-order valence-corrected chi connectivity index (χ1v) is 9.29. The maximum atomic E-state index is 4.81. The molecule has 0 amide bonds. The van der Waals surface area contributed by atoms with Gasteiger partial charge in [-0.3, -0.25) is 4.98 Å². The predicted octanol–water partition coefficient (Wildman–Crippen LogP) is 4.74. The molecule has 136 valence electrons. The number of nitrogens with zero attached hydrogens (tertiary/aromatic N) is 5. The van der Waals surface area contributed by atoms with Crippen molar-refractivity contribution in [2.45, 2.75) is 25.8 Å². The van der Waals surface area contributed by atoms with E-state index in [0.717, 1.165) is 41.2 Å². The zero-order chi connectivity index (χ0) is 18.6. The first-order chi connectivity index (χ1) is 13.3. The lowest BCUT2D eigenvalue weighted by atomic mass is 10.0. The smallest absolute Gasteiger partial charge is 0.131 e. The molecule has 0 saturated carbocycles. The molecule has 5 nitrogen and oxygen atoms in total. The summed E-state index contributed by atoms with van der Waals surface area (Å²) in [4.78, 5) is 13.6. The van der Waals surface area contributed by atoms with Gasteiger partial charge in [0.15, 0.2) is 0 Å². The van der Waals surface area contributed by atoms with Crippen LogP contribution in [0.1, 0.15) is 31.6 Å². The van der Waals surface area contributed by atoms with E-state index < -0.39 is 0 Å². The number of pyridine rings is 1. The van der Waals surface area contributed by atoms with E-state index in [-0.39, 0.29) is 6.04 Å². The second-order valence-electron chi connectivity index (χ2n) is 6.65. The lowest BCUT2D eigenvalue weighted by Crippen LogP contribution is -2.15. The van der Waals surface area contributed by atoms with Crippen LogP contribution in [0.2, 0.25) is 0 Å². The fourth-order valence-corrected chi connectivity index (χ4v) is 3.56. The highest BCUT2D eigenvalue weighted by atomic mass is 15.2. The molecule has 4 rings (SSSR count). The Morgan fingerprint density at radius 3 is 2.37 bits per heavy atom. The number of hydrogen-bond donors (Lipinski definition) is 0. The Morgan fingerprint density at radius 2 is 1.70 bits per heavy atom. The molecular weight excluding hydrogens is 334 g/mol. The minimum absolute atomic E-state index is 0.128. The summed E-state index contributed by atoms with van der Waals surface area (Å²) >= 11 is 0. The molecule has 0 N–H and O–H groups in total. The number of rotatable bonds is 6. The summed E-state index contributed by atoms with van der Waals surface area (Å²) in [5.74, 6) is 1.05. The van der Waals surface area contributed by atoms with Gasteiger partial charge in [-0.2, -0.15) is 0 Å². The SMILES string of the molecule is CCC[C@H](c1nccn1C)n1cnc(-c2ccccc2)c1-c1ccncc1. The fraction of sp³-hybridized carbons (Fsp3) is 0.227. The first kappa shape index (κ1) is 17.2. The van der Waals surface area contributed by atoms with Gasteiger partial charge in [-0.25, -0.2) is 9.97 Å². The van der Waals surface area contributed by atoms with Gasteiger partial charge in [0.05, 0.1) is 23.8 Å². The van der Waals surface area contributed by atoms with Crippen LogP contribution in [0.15, 0.2) is 73.6 Å². The molecule has 0 saturated heterocycles. The molecule has 3 aromatic heterocycles. The zero-order valence-corrected chi connectivity index (χ0v) is 15.7. The van der Waals surface area contributed by atoms with Crippen molar-refractivity contribution in [2.24, 2.45) is 7.05 Å². The van der Waals surface area contributed by atoms with Crippen molar-refractivity contribution in [3.63, 3.8) is 0 Å². The summed E-state index contributed by atoms with van der Waals surface area (Å²) in [6.45, 7) is 2.21. The second-order valence-corrected chi connectivity index (χ2v) is 6.65. The molecule has 0 bridgehead atoms. The van der Waals surface area contributed by atoms with Crippen molar-refractivity contribution < 1.29 is 0 Å². The van der Waals surface area contributed by atoms with Crippen LogP contribution in [-0.4, -0.2) is 24.1 Å². The van der Waals surface area contributed by atoms with Crippen LogP contribution in [0.3, 0.4) is 0 Å². The Balaban J connectivity index is 1.93. The Bertz CT molecular complexity index is 1000. The molecule has 0 aliphatic carbocycles. The van der Waals surface area contributed by atoms with Gasteiger partial charge >= 0.3 is 0 Å². The standard InChI is InChI=1S/C22H23N5/c1-3-7-19(22-24-14-15-26(22)2)27-16-25-20(17-8-5-4-6-9-17)21(27)18-10-12-23-13-11-18/h4-6,8-16,19H,3,7H2,1-2H3/t19-/m1/s1. The summed E-state index contributed by atoms with van der Waals surface area (Å²) < 4.78 is 4.36. The highest BCUT2D eigenvalue weighted by Crippen LogP contribution is 2.35. The largest absolute Gasteiger partial charge is 0.336 e. The average Bonchev–Trinajstić information content (AvgIpc) is 3.34. The first-order valence-electron chi connectivity index (χ1n) is 9.29. The Kier molecular flexibility index (Phi) is 4.83. The lowest BCUT2D eigenvalue weighted by Gasteiger charge is -2.21. The minimum atomic E-state index is 0.128. The summed E-state index contributed by atoms with van der Waals surface area (Å²) in [5.41, 5.74) is 4.30. The van der Waals surface area contributed by atoms with Crippen LogP contribution in [0.5, 0.6) is 0 Å². The van der Waals surface area contributed by atoms with Crippen LogP contribution < -0.4 is 0 Å². The summed E-state index contributed by atoms with van der Waals surface area (Å²) in [6, 6.07) is 14.5. The van der Waals surface area contributed by atoms with E-state index in [1.54, 1.807) is 0 Å². The third-order valence-electron chi connectivity index (χ3n) is 4.85. The molecule has 0 radical (unpaired) electrons. The Labute approximate surface area is 159 Å². The van der Waals surface area contributed by atoms with Crippen molar-refractivity contribution in [1.82, 2.24) is 24.1 Å². The molecule has 1 aromatic carbocycles. The Morgan fingerprint density at radius 1 is 0.926 bits per heavy atom. The van der Waals surface area contributed by atoms with E-state index in [1.165, 1.54) is 0 Å². The molecular formula is C22H23N5. The van der Waals surface area contributed by atoms with E-state index in [1.807, 2.05) is 68.5 Å². The molecule has 5 heteroatoms. The predicted molar refractivity (Wildman–Crippen MR) is 107 cm³/mol. The lowest BCUT2D eigenvalue weighted by molar-refractivity contribution is 0.495. The highest BCUT2D eigenvalue weighted by Gasteiger charge is 2.23. The quantitative estimate of drug-likeness (QED) is 0.501. The number of benzene rings is 1. The Hall–Kier alpha value is -3.21. The summed E-state index contributed by atoms with van der Waals surface area (Å²) in [7, 11) is 2.05. The molecule has 0 spiro atoms. The van der Waals surface area contributed by atoms with Crippen LogP contribution in [-0.2, 0) is 7.05 Å². The van der Waals surface area contributed by atoms with Gasteiger partial charge in [-0.15, -0.1) is 0 Å². The van der Waals surface area contributed by atoms with E-state index >= 15 is 0 Å². The van der Waals surface area contributed by atoms with Crippen molar-refractivity contribution in [1.29, 1.82) is 0 Å². The molecule has 0 unspecified atom stereocenters. The average molecular weight is 357 g/mol. The number of aryl methyl sites for hydroxylation is 1. The van der Waals surface area contributed by atoms with Gasteiger partial charge in [-0.05, 0) is 18.6 Å². The van der Waals surface area contributed by atoms with Crippen molar-refractivity contribution >= 4 is 0 Å². The fourth-order valence-electron chi connectivity index (χ4n) is 3.56. The molecule has 27 heavy (non-hydrogen) atoms. The van der Waals surface area contributed by atoms with E-state index in [0.29, 0.717) is 0 Å². The van der Waals surface area contributed by atoms with Gasteiger partial charge in [0, 0.05) is 43.0 Å². The van der Waals surface area contributed by atoms with Gasteiger partial charge < -0.3 is 9.13 Å². The molecule has 1 atom stereocenters. The molecule has 3 heterocycles. The number of hydrogen-bond acceptors (Lipinski definition) is 3. The van der Waals surface area contributed by atoms with E-state index in [9.17, 15) is 0 Å². The van der Waals surface area contributed by atoms with Gasteiger partial charge in [0.2, 0.25) is 0 Å². The third kappa shape index (κ3) is 3.28. The minimum Gasteiger partial charge on any atom is -0.336 e. The van der Waals surface area contributed by atoms with Gasteiger partial charge in [0.25, 0.3) is 0 Å². The molecule has 0 fully saturated rings. The molecule has 0 aliphatic rings. The van der Waals surface area contributed by atoms with Crippen LogP contribution in [0.4, 0.5) is 0 Å². The summed E-state index contributed by atoms with van der Waals surface area (Å²) in [5, 5.41) is 0. The molecule has 4 aromatic rings. The maximum Gasteiger partial charge on any atom is 0.131 e. The van der Waals surface area contributed by atoms with Crippen molar-refractivity contribution in [2.75, 3.05) is 0 Å². The molecule has 0 aliphatic heterocycles. The third-order valence-corrected chi connectivity index (χ3v) is 4.85. The number of aromatic nitrogens is 5. The van der Waals surface area contributed by atoms with E-state index in [4.69, 9.17) is 4.98 Å². The van der Waals surface area contributed by atoms with E-state index in [2.05, 4.69) is 38.2 Å². The topological polar surface area (TPSA) is 48.5 Å². The van der Waals surface area contributed by atoms with Crippen molar-refractivity contribution in [3.05, 3.63) is 79.4 Å².